The predicted molar refractivity (Wildman–Crippen MR) is 156 cm³/mol. The number of aromatic hydroxyl groups is 1. The van der Waals surface area contributed by atoms with Crippen LogP contribution in [0.4, 0.5) is 11.4 Å². The van der Waals surface area contributed by atoms with Crippen LogP contribution in [0.1, 0.15) is 43.8 Å². The summed E-state index contributed by atoms with van der Waals surface area (Å²) >= 11 is 6.11. The van der Waals surface area contributed by atoms with Crippen molar-refractivity contribution < 1.29 is 24.6 Å². The van der Waals surface area contributed by atoms with Gasteiger partial charge < -0.3 is 20.5 Å². The molecule has 5 rings (SSSR count). The van der Waals surface area contributed by atoms with E-state index in [1.165, 1.54) is 17.1 Å². The van der Waals surface area contributed by atoms with Crippen LogP contribution in [0.2, 0.25) is 5.15 Å². The second-order valence-corrected chi connectivity index (χ2v) is 9.66. The molecule has 0 radical (unpaired) electrons. The van der Waals surface area contributed by atoms with Crippen LogP contribution >= 0.6 is 11.6 Å². The number of rotatable bonds is 9. The molecule has 0 aliphatic carbocycles. The van der Waals surface area contributed by atoms with E-state index in [0.717, 1.165) is 5.56 Å². The lowest BCUT2D eigenvalue weighted by Gasteiger charge is -2.07. The number of hydrogen-bond acceptors (Lipinski definition) is 6. The van der Waals surface area contributed by atoms with Crippen LogP contribution < -0.4 is 5.32 Å². The number of anilines is 1. The molecule has 10 nitrogen and oxygen atoms in total. The van der Waals surface area contributed by atoms with Gasteiger partial charge >= 0.3 is 5.97 Å². The van der Waals surface area contributed by atoms with Gasteiger partial charge in [0.1, 0.15) is 5.15 Å². The molecule has 2 aromatic heterocycles. The zero-order chi connectivity index (χ0) is 29.1. The van der Waals surface area contributed by atoms with Gasteiger partial charge in [0.15, 0.2) is 11.7 Å². The van der Waals surface area contributed by atoms with Crippen LogP contribution in [0.3, 0.4) is 0 Å². The van der Waals surface area contributed by atoms with E-state index in [1.54, 1.807) is 61.6 Å². The molecule has 1 amide bonds. The molecule has 4 N–H and O–H groups in total. The largest absolute Gasteiger partial charge is 0.494 e. The minimum atomic E-state index is -0.851. The number of aromatic nitrogens is 3. The minimum absolute atomic E-state index is 0.0554. The average molecular weight is 570 g/mol. The van der Waals surface area contributed by atoms with Crippen LogP contribution in [-0.4, -0.2) is 48.9 Å². The third-order valence-electron chi connectivity index (χ3n) is 6.48. The maximum absolute atomic E-state index is 13.3. The molecule has 11 heteroatoms. The first kappa shape index (κ1) is 27.4. The number of carbonyl (C=O) groups is 3. The molecule has 0 fully saturated rings. The van der Waals surface area contributed by atoms with E-state index >= 15 is 0 Å². The maximum Gasteiger partial charge on any atom is 0.303 e. The summed E-state index contributed by atoms with van der Waals surface area (Å²) in [7, 11) is 1.63. The van der Waals surface area contributed by atoms with Gasteiger partial charge in [0, 0.05) is 47.4 Å². The van der Waals surface area contributed by atoms with E-state index in [2.05, 4.69) is 20.4 Å². The van der Waals surface area contributed by atoms with Crippen LogP contribution in [0.25, 0.3) is 10.9 Å². The quantitative estimate of drug-likeness (QED) is 0.136. The van der Waals surface area contributed by atoms with Gasteiger partial charge in [0.25, 0.3) is 5.91 Å². The standard InChI is InChI=1S/C30H24ClN5O5/c1-36-28(31)24(16-33-36)30(41)34-21-4-2-3-18(13-21)27(39)19-8-11-22-23(29(40)35-25(22)14-19)15-32-20-9-5-17(6-10-20)7-12-26(37)38/h2-6,8-11,13-16,35,40H,7,12H2,1H3,(H,34,41)(H,37,38). The molecular weight excluding hydrogens is 546 g/mol. The molecule has 2 heterocycles. The molecule has 0 atom stereocenters. The molecule has 0 saturated heterocycles. The van der Waals surface area contributed by atoms with Crippen molar-refractivity contribution in [1.29, 1.82) is 0 Å². The molecule has 206 valence electrons. The third kappa shape index (κ3) is 6.02. The molecule has 3 aromatic carbocycles. The fourth-order valence-electron chi connectivity index (χ4n) is 4.29. The highest BCUT2D eigenvalue weighted by Crippen LogP contribution is 2.28. The Bertz CT molecular complexity index is 1820. The number of ketones is 1. The Labute approximate surface area is 238 Å². The van der Waals surface area contributed by atoms with Crippen molar-refractivity contribution in [2.75, 3.05) is 5.32 Å². The van der Waals surface area contributed by atoms with Gasteiger partial charge in [-0.05, 0) is 42.3 Å². The number of nitrogens with one attached hydrogen (secondary N) is 2. The average Bonchev–Trinajstić information content (AvgIpc) is 3.47. The summed E-state index contributed by atoms with van der Waals surface area (Å²) in [5.74, 6) is -1.66. The zero-order valence-electron chi connectivity index (χ0n) is 21.8. The van der Waals surface area contributed by atoms with E-state index < -0.39 is 11.9 Å². The first-order chi connectivity index (χ1) is 19.7. The molecule has 0 unspecified atom stereocenters. The number of halogens is 1. The van der Waals surface area contributed by atoms with E-state index in [0.29, 0.717) is 45.4 Å². The number of fused-ring (bicyclic) bond motifs is 1. The molecule has 0 aliphatic heterocycles. The highest BCUT2D eigenvalue weighted by atomic mass is 35.5. The van der Waals surface area contributed by atoms with Gasteiger partial charge in [-0.1, -0.05) is 48.0 Å². The van der Waals surface area contributed by atoms with E-state index in [-0.39, 0.29) is 28.8 Å². The number of aliphatic carboxylic acids is 1. The molecular formula is C30H24ClN5O5. The Balaban J connectivity index is 1.33. The Kier molecular flexibility index (Phi) is 7.66. The molecule has 0 aliphatic rings. The van der Waals surface area contributed by atoms with Crippen molar-refractivity contribution in [1.82, 2.24) is 14.8 Å². The summed E-state index contributed by atoms with van der Waals surface area (Å²) in [5.41, 5.74) is 3.94. The topological polar surface area (TPSA) is 150 Å². The van der Waals surface area contributed by atoms with Crippen LogP contribution in [-0.2, 0) is 18.3 Å². The number of amides is 1. The lowest BCUT2D eigenvalue weighted by Crippen LogP contribution is -2.12. The fourth-order valence-corrected chi connectivity index (χ4v) is 4.47. The van der Waals surface area contributed by atoms with Gasteiger partial charge in [-0.15, -0.1) is 0 Å². The summed E-state index contributed by atoms with van der Waals surface area (Å²) in [4.78, 5) is 44.0. The lowest BCUT2D eigenvalue weighted by atomic mass is 10.0. The number of aromatic amines is 1. The smallest absolute Gasteiger partial charge is 0.303 e. The van der Waals surface area contributed by atoms with E-state index in [1.807, 2.05) is 12.1 Å². The maximum atomic E-state index is 13.3. The summed E-state index contributed by atoms with van der Waals surface area (Å²) in [6, 6.07) is 18.8. The normalized spacial score (nSPS) is 11.3. The van der Waals surface area contributed by atoms with Crippen molar-refractivity contribution in [2.45, 2.75) is 12.8 Å². The Morgan fingerprint density at radius 3 is 2.54 bits per heavy atom. The Morgan fingerprint density at radius 1 is 1.07 bits per heavy atom. The van der Waals surface area contributed by atoms with Crippen molar-refractivity contribution in [3.63, 3.8) is 0 Å². The van der Waals surface area contributed by atoms with E-state index in [4.69, 9.17) is 16.7 Å². The molecule has 41 heavy (non-hydrogen) atoms. The number of carbonyl (C=O) groups excluding carboxylic acids is 2. The highest BCUT2D eigenvalue weighted by Gasteiger charge is 2.17. The van der Waals surface area contributed by atoms with Crippen molar-refractivity contribution in [3.8, 4) is 5.88 Å². The molecule has 0 spiro atoms. The highest BCUT2D eigenvalue weighted by molar-refractivity contribution is 6.33. The molecule has 5 aromatic rings. The number of H-pyrrole nitrogens is 1. The van der Waals surface area contributed by atoms with Gasteiger partial charge in [-0.25, -0.2) is 0 Å². The number of carboxylic acid groups (broad SMARTS) is 1. The van der Waals surface area contributed by atoms with Crippen molar-refractivity contribution in [2.24, 2.45) is 12.0 Å². The van der Waals surface area contributed by atoms with Gasteiger partial charge in [0.2, 0.25) is 0 Å². The number of nitrogens with zero attached hydrogens (tertiary/aromatic N) is 3. The number of hydrogen-bond donors (Lipinski definition) is 4. The minimum Gasteiger partial charge on any atom is -0.494 e. The van der Waals surface area contributed by atoms with Crippen molar-refractivity contribution >= 4 is 57.8 Å². The number of aliphatic imine (C=N–C) groups is 1. The Hall–Kier alpha value is -5.22. The fraction of sp³-hybridized carbons (Fsp3) is 0.100. The zero-order valence-corrected chi connectivity index (χ0v) is 22.5. The number of carboxylic acids is 1. The van der Waals surface area contributed by atoms with Gasteiger partial charge in [0.05, 0.1) is 23.0 Å². The van der Waals surface area contributed by atoms with Crippen LogP contribution in [0.15, 0.2) is 77.9 Å². The van der Waals surface area contributed by atoms with Crippen molar-refractivity contribution in [3.05, 3.63) is 106 Å². The summed E-state index contributed by atoms with van der Waals surface area (Å²) < 4.78 is 1.38. The van der Waals surface area contributed by atoms with Crippen LogP contribution in [0, 0.1) is 0 Å². The SMILES string of the molecule is Cn1ncc(C(=O)Nc2cccc(C(=O)c3ccc4c(C=Nc5ccc(CCC(=O)O)cc5)c(O)[nH]c4c3)c2)c1Cl. The Morgan fingerprint density at radius 2 is 1.83 bits per heavy atom. The predicted octanol–water partition coefficient (Wildman–Crippen LogP) is 5.51. The summed E-state index contributed by atoms with van der Waals surface area (Å²) in [6.07, 6.45) is 3.39. The van der Waals surface area contributed by atoms with Crippen LogP contribution in [0.5, 0.6) is 5.88 Å². The third-order valence-corrected chi connectivity index (χ3v) is 6.93. The van der Waals surface area contributed by atoms with Gasteiger partial charge in [-0.2, -0.15) is 5.10 Å². The second kappa shape index (κ2) is 11.5. The van der Waals surface area contributed by atoms with E-state index in [9.17, 15) is 19.5 Å². The number of aryl methyl sites for hydroxylation is 2. The first-order valence-electron chi connectivity index (χ1n) is 12.5. The number of benzene rings is 3. The summed E-state index contributed by atoms with van der Waals surface area (Å²) in [6.45, 7) is 0. The lowest BCUT2D eigenvalue weighted by molar-refractivity contribution is -0.136. The molecule has 0 bridgehead atoms. The monoisotopic (exact) mass is 569 g/mol. The second-order valence-electron chi connectivity index (χ2n) is 9.30. The first-order valence-corrected chi connectivity index (χ1v) is 12.9. The van der Waals surface area contributed by atoms with Gasteiger partial charge in [-0.3, -0.25) is 24.1 Å². The summed E-state index contributed by atoms with van der Waals surface area (Å²) in [5, 5.41) is 26.9. The molecule has 0 saturated carbocycles.